The van der Waals surface area contributed by atoms with E-state index in [4.69, 9.17) is 16.3 Å². The van der Waals surface area contributed by atoms with Crippen LogP contribution in [0.2, 0.25) is 5.02 Å². The van der Waals surface area contributed by atoms with Crippen LogP contribution in [-0.2, 0) is 10.5 Å². The molecule has 26 heavy (non-hydrogen) atoms. The highest BCUT2D eigenvalue weighted by atomic mass is 35.5. The minimum Gasteiger partial charge on any atom is -0.491 e. The highest BCUT2D eigenvalue weighted by Gasteiger charge is 2.51. The second-order valence-electron chi connectivity index (χ2n) is 8.08. The molecule has 4 aliphatic carbocycles. The molecule has 0 aliphatic heterocycles. The first-order valence-corrected chi connectivity index (χ1v) is 10.2. The van der Waals surface area contributed by atoms with E-state index in [1.54, 1.807) is 0 Å². The molecule has 140 valence electrons. The molecule has 0 saturated heterocycles. The Morgan fingerprint density at radius 1 is 1.19 bits per heavy atom. The molecule has 0 atom stereocenters. The largest absolute Gasteiger partial charge is 0.491 e. The molecule has 4 aliphatic rings. The van der Waals surface area contributed by atoms with Crippen molar-refractivity contribution >= 4 is 28.0 Å². The normalized spacial score (nSPS) is 31.7. The number of hydrogen-bond donors (Lipinski definition) is 0. The Labute approximate surface area is 157 Å². The molecule has 0 N–H and O–H groups in total. The van der Waals surface area contributed by atoms with Crippen molar-refractivity contribution in [1.29, 1.82) is 0 Å². The van der Waals surface area contributed by atoms with Gasteiger partial charge in [0, 0.05) is 11.5 Å². The van der Waals surface area contributed by atoms with Crippen molar-refractivity contribution in [2.45, 2.75) is 38.5 Å². The molecule has 1 aromatic carbocycles. The van der Waals surface area contributed by atoms with Crippen molar-refractivity contribution in [2.75, 3.05) is 6.61 Å². The van der Waals surface area contributed by atoms with Crippen LogP contribution in [0.15, 0.2) is 16.5 Å². The van der Waals surface area contributed by atoms with Crippen LogP contribution < -0.4 is 4.74 Å². The van der Waals surface area contributed by atoms with E-state index in [9.17, 15) is 17.6 Å². The van der Waals surface area contributed by atoms with Crippen molar-refractivity contribution in [1.82, 2.24) is 0 Å². The fraction of sp³-hybridized carbons (Fsp3) is 0.611. The number of carbonyl (C=O) groups is 1. The lowest BCUT2D eigenvalue weighted by molar-refractivity contribution is -0.0745. The van der Waals surface area contributed by atoms with Gasteiger partial charge in [-0.15, -0.1) is 0 Å². The van der Waals surface area contributed by atoms with Crippen LogP contribution in [0.3, 0.4) is 0 Å². The first-order valence-electron chi connectivity index (χ1n) is 8.81. The molecular formula is C18H19ClFNO4S. The quantitative estimate of drug-likeness (QED) is 0.757. The Bertz CT molecular complexity index is 855. The second kappa shape index (κ2) is 6.60. The van der Waals surface area contributed by atoms with Crippen LogP contribution in [0, 0.1) is 29.0 Å². The van der Waals surface area contributed by atoms with Crippen molar-refractivity contribution < 1.29 is 22.3 Å². The number of carbonyl (C=O) groups excluding carboxylic acids is 1. The molecule has 5 nitrogen and oxygen atoms in total. The van der Waals surface area contributed by atoms with Gasteiger partial charge in [0.25, 0.3) is 5.91 Å². The fourth-order valence-electron chi connectivity index (χ4n) is 5.62. The lowest BCUT2D eigenvalue weighted by atomic mass is 9.50. The van der Waals surface area contributed by atoms with Crippen LogP contribution in [0.1, 0.15) is 48.9 Å². The summed E-state index contributed by atoms with van der Waals surface area (Å²) in [6.45, 7) is 0.498. The molecule has 8 heteroatoms. The SMILES string of the molecule is O=C(N=S(=O)=O)c1cc(Cl)c(OCC23CC4CC(CC(C4)C2)C3)cc1F. The molecule has 0 spiro atoms. The Hall–Kier alpha value is -1.47. The summed E-state index contributed by atoms with van der Waals surface area (Å²) in [5.74, 6) is 0.448. The number of halogens is 2. The molecule has 0 unspecified atom stereocenters. The van der Waals surface area contributed by atoms with Crippen LogP contribution in [0.4, 0.5) is 4.39 Å². The number of ether oxygens (including phenoxy) is 1. The lowest BCUT2D eigenvalue weighted by Gasteiger charge is -2.56. The molecule has 1 amide bonds. The monoisotopic (exact) mass is 399 g/mol. The summed E-state index contributed by atoms with van der Waals surface area (Å²) >= 11 is 6.13. The molecular weight excluding hydrogens is 381 g/mol. The van der Waals surface area contributed by atoms with Gasteiger partial charge in [0.15, 0.2) is 0 Å². The van der Waals surface area contributed by atoms with E-state index < -0.39 is 27.8 Å². The number of rotatable bonds is 4. The molecule has 0 radical (unpaired) electrons. The maximum atomic E-state index is 14.2. The van der Waals surface area contributed by atoms with Crippen LogP contribution in [-0.4, -0.2) is 20.9 Å². The van der Waals surface area contributed by atoms with Gasteiger partial charge >= 0.3 is 10.5 Å². The summed E-state index contributed by atoms with van der Waals surface area (Å²) in [6, 6.07) is 2.11. The first-order chi connectivity index (χ1) is 12.3. The summed E-state index contributed by atoms with van der Waals surface area (Å²) in [4.78, 5) is 11.6. The van der Waals surface area contributed by atoms with Gasteiger partial charge in [-0.25, -0.2) is 4.39 Å². The summed E-state index contributed by atoms with van der Waals surface area (Å²) in [6.07, 6.45) is 7.46. The van der Waals surface area contributed by atoms with E-state index in [0.29, 0.717) is 6.61 Å². The number of benzene rings is 1. The molecule has 4 saturated carbocycles. The van der Waals surface area contributed by atoms with Gasteiger partial charge in [0.1, 0.15) is 11.6 Å². The minimum atomic E-state index is -2.94. The highest BCUT2D eigenvalue weighted by Crippen LogP contribution is 2.60. The lowest BCUT2D eigenvalue weighted by Crippen LogP contribution is -2.48. The highest BCUT2D eigenvalue weighted by molar-refractivity contribution is 7.62. The summed E-state index contributed by atoms with van der Waals surface area (Å²) in [5, 5.41) is 0.0753. The molecule has 5 rings (SSSR count). The van der Waals surface area contributed by atoms with E-state index in [1.807, 2.05) is 0 Å². The Kier molecular flexibility index (Phi) is 4.55. The number of amides is 1. The van der Waals surface area contributed by atoms with Gasteiger partial charge in [-0.2, -0.15) is 8.42 Å². The molecule has 1 aromatic rings. The topological polar surface area (TPSA) is 72.8 Å². The summed E-state index contributed by atoms with van der Waals surface area (Å²) in [5.41, 5.74) is -0.334. The van der Waals surface area contributed by atoms with E-state index >= 15 is 0 Å². The van der Waals surface area contributed by atoms with Crippen molar-refractivity contribution in [3.8, 4) is 5.75 Å². The van der Waals surface area contributed by atoms with Gasteiger partial charge in [0.2, 0.25) is 0 Å². The predicted octanol–water partition coefficient (Wildman–Crippen LogP) is 4.28. The maximum absolute atomic E-state index is 14.2. The third-order valence-electron chi connectivity index (χ3n) is 6.11. The second-order valence-corrected chi connectivity index (χ2v) is 9.11. The Balaban J connectivity index is 1.51. The Morgan fingerprint density at radius 2 is 1.77 bits per heavy atom. The van der Waals surface area contributed by atoms with Crippen molar-refractivity contribution in [2.24, 2.45) is 27.5 Å². The van der Waals surface area contributed by atoms with Gasteiger partial charge in [-0.3, -0.25) is 4.79 Å². The third kappa shape index (κ3) is 3.39. The molecule has 4 fully saturated rings. The third-order valence-corrected chi connectivity index (χ3v) is 6.72. The predicted molar refractivity (Wildman–Crippen MR) is 93.2 cm³/mol. The average Bonchev–Trinajstić information content (AvgIpc) is 2.53. The van der Waals surface area contributed by atoms with Crippen molar-refractivity contribution in [3.63, 3.8) is 0 Å². The fourth-order valence-corrected chi connectivity index (χ4v) is 6.07. The molecule has 4 bridgehead atoms. The molecule has 0 aromatic heterocycles. The van der Waals surface area contributed by atoms with E-state index in [1.165, 1.54) is 19.3 Å². The maximum Gasteiger partial charge on any atom is 0.319 e. The summed E-state index contributed by atoms with van der Waals surface area (Å²) in [7, 11) is -2.94. The van der Waals surface area contributed by atoms with Gasteiger partial charge in [-0.1, -0.05) is 16.0 Å². The van der Waals surface area contributed by atoms with E-state index in [2.05, 4.69) is 4.36 Å². The average molecular weight is 400 g/mol. The zero-order valence-corrected chi connectivity index (χ0v) is 15.7. The van der Waals surface area contributed by atoms with Crippen LogP contribution in [0.5, 0.6) is 5.75 Å². The van der Waals surface area contributed by atoms with Crippen LogP contribution >= 0.6 is 11.6 Å². The van der Waals surface area contributed by atoms with Gasteiger partial charge in [0.05, 0.1) is 17.2 Å². The standard InChI is InChI=1S/C18H19ClFNO4S/c19-14-4-13(17(22)21-26(23)24)15(20)5-16(14)25-9-18-6-10-1-11(7-18)3-12(2-10)8-18/h4-5,10-12H,1-3,6-9H2. The van der Waals surface area contributed by atoms with E-state index in [0.717, 1.165) is 49.1 Å². The Morgan fingerprint density at radius 3 is 2.31 bits per heavy atom. The van der Waals surface area contributed by atoms with Gasteiger partial charge in [-0.05, 0) is 62.3 Å². The van der Waals surface area contributed by atoms with Crippen molar-refractivity contribution in [3.05, 3.63) is 28.5 Å². The van der Waals surface area contributed by atoms with Crippen LogP contribution in [0.25, 0.3) is 0 Å². The zero-order chi connectivity index (χ0) is 18.5. The number of nitrogens with zero attached hydrogens (tertiary/aromatic N) is 1. The summed E-state index contributed by atoms with van der Waals surface area (Å²) < 4.78 is 43.8. The van der Waals surface area contributed by atoms with E-state index in [-0.39, 0.29) is 16.2 Å². The minimum absolute atomic E-state index is 0.0753. The smallest absolute Gasteiger partial charge is 0.319 e. The zero-order valence-electron chi connectivity index (χ0n) is 14.1. The first kappa shape index (κ1) is 17.9. The van der Waals surface area contributed by atoms with Gasteiger partial charge < -0.3 is 4.74 Å². The molecule has 0 heterocycles. The number of hydrogen-bond acceptors (Lipinski definition) is 4.